The summed E-state index contributed by atoms with van der Waals surface area (Å²) in [7, 11) is 1.71. The highest BCUT2D eigenvalue weighted by Crippen LogP contribution is 2.66. The summed E-state index contributed by atoms with van der Waals surface area (Å²) >= 11 is 0. The Morgan fingerprint density at radius 1 is 0.853 bits per heavy atom. The third-order valence-corrected chi connectivity index (χ3v) is 10.4. The maximum atomic E-state index is 12.5. The monoisotopic (exact) mass is 454 g/mol. The molecular weight excluding hydrogens is 416 g/mol. The normalized spacial score (nSPS) is 34.6. The van der Waals surface area contributed by atoms with Gasteiger partial charge in [-0.05, 0) is 115 Å². The maximum absolute atomic E-state index is 12.5. The second-order valence-corrected chi connectivity index (χ2v) is 11.9. The second kappa shape index (κ2) is 8.40. The predicted molar refractivity (Wildman–Crippen MR) is 138 cm³/mol. The molecule has 0 aromatic heterocycles. The van der Waals surface area contributed by atoms with E-state index in [0.717, 1.165) is 49.2 Å². The Bertz CT molecular complexity index is 1090. The third-order valence-electron chi connectivity index (χ3n) is 10.4. The Morgan fingerprint density at radius 2 is 1.59 bits per heavy atom. The van der Waals surface area contributed by atoms with Gasteiger partial charge < -0.3 is 4.74 Å². The third kappa shape index (κ3) is 3.56. The summed E-state index contributed by atoms with van der Waals surface area (Å²) in [5, 5.41) is 0. The van der Waals surface area contributed by atoms with Gasteiger partial charge in [0.25, 0.3) is 0 Å². The molecule has 0 bridgehead atoms. The molecule has 2 heteroatoms. The lowest BCUT2D eigenvalue weighted by Crippen LogP contribution is -2.51. The molecule has 3 saturated carbocycles. The number of hydrogen-bond acceptors (Lipinski definition) is 2. The molecule has 5 atom stereocenters. The molecule has 0 aliphatic heterocycles. The van der Waals surface area contributed by atoms with Crippen LogP contribution in [0.15, 0.2) is 60.2 Å². The summed E-state index contributed by atoms with van der Waals surface area (Å²) in [5.41, 5.74) is 6.17. The predicted octanol–water partition coefficient (Wildman–Crippen LogP) is 7.81. The van der Waals surface area contributed by atoms with Crippen LogP contribution in [0.1, 0.15) is 70.3 Å². The molecule has 0 amide bonds. The van der Waals surface area contributed by atoms with Crippen molar-refractivity contribution in [2.75, 3.05) is 7.11 Å². The van der Waals surface area contributed by atoms with Gasteiger partial charge in [-0.3, -0.25) is 4.79 Å². The molecule has 178 valence electrons. The second-order valence-electron chi connectivity index (χ2n) is 11.9. The Hall–Kier alpha value is -2.35. The minimum Gasteiger partial charge on any atom is -0.497 e. The van der Waals surface area contributed by atoms with E-state index in [4.69, 9.17) is 4.74 Å². The molecular formula is C32H38O2. The fraction of sp³-hybridized carbons (Fsp3) is 0.531. The van der Waals surface area contributed by atoms with E-state index in [2.05, 4.69) is 49.4 Å². The number of methoxy groups -OCH3 is 1. The van der Waals surface area contributed by atoms with E-state index in [1.54, 1.807) is 7.11 Å². The van der Waals surface area contributed by atoms with Crippen LogP contribution in [0.2, 0.25) is 0 Å². The van der Waals surface area contributed by atoms with E-state index in [-0.39, 0.29) is 5.41 Å². The topological polar surface area (TPSA) is 26.3 Å². The lowest BCUT2D eigenvalue weighted by Gasteiger charge is -2.58. The van der Waals surface area contributed by atoms with Gasteiger partial charge in [-0.25, -0.2) is 0 Å². The van der Waals surface area contributed by atoms with Gasteiger partial charge in [0.05, 0.1) is 7.11 Å². The molecule has 2 aromatic carbocycles. The summed E-state index contributed by atoms with van der Waals surface area (Å²) < 4.78 is 5.31. The molecule has 0 radical (unpaired) electrons. The molecule has 2 aromatic rings. The highest BCUT2D eigenvalue weighted by Gasteiger charge is 2.57. The van der Waals surface area contributed by atoms with Gasteiger partial charge in [0.1, 0.15) is 5.75 Å². The summed E-state index contributed by atoms with van der Waals surface area (Å²) in [6, 6.07) is 17.6. The highest BCUT2D eigenvalue weighted by atomic mass is 16.5. The van der Waals surface area contributed by atoms with Crippen molar-refractivity contribution in [3.63, 3.8) is 0 Å². The first-order chi connectivity index (χ1) is 16.5. The first-order valence-electron chi connectivity index (χ1n) is 13.5. The molecule has 3 fully saturated rings. The number of ether oxygens (including phenoxy) is 1. The van der Waals surface area contributed by atoms with Crippen molar-refractivity contribution in [3.8, 4) is 16.9 Å². The van der Waals surface area contributed by atoms with Crippen LogP contribution in [0, 0.1) is 28.6 Å². The summed E-state index contributed by atoms with van der Waals surface area (Å²) in [6.07, 6.45) is 14.4. The van der Waals surface area contributed by atoms with E-state index in [9.17, 15) is 4.79 Å². The van der Waals surface area contributed by atoms with Gasteiger partial charge in [0.15, 0.2) is 5.78 Å². The van der Waals surface area contributed by atoms with Crippen molar-refractivity contribution in [2.24, 2.45) is 28.6 Å². The van der Waals surface area contributed by atoms with Crippen LogP contribution in [0.5, 0.6) is 5.75 Å². The number of benzene rings is 2. The average molecular weight is 455 g/mol. The SMILES string of the molecule is COc1ccc(-c2ccc(C[C@]34CCC(=O)C=C3CC[C@@H]3[C@H]4CC[C@]4(C)CCC[C@@H]34)cc2)cc1. The fourth-order valence-corrected chi connectivity index (χ4v) is 8.65. The number of carbonyl (C=O) groups excluding carboxylic acids is 1. The molecule has 4 aliphatic rings. The molecule has 4 aliphatic carbocycles. The molecule has 0 heterocycles. The van der Waals surface area contributed by atoms with Crippen molar-refractivity contribution in [1.29, 1.82) is 0 Å². The van der Waals surface area contributed by atoms with Gasteiger partial charge in [0, 0.05) is 6.42 Å². The van der Waals surface area contributed by atoms with Crippen LogP contribution in [0.25, 0.3) is 11.1 Å². The smallest absolute Gasteiger partial charge is 0.155 e. The molecule has 0 spiro atoms. The van der Waals surface area contributed by atoms with Crippen LogP contribution in [-0.2, 0) is 11.2 Å². The molecule has 6 rings (SSSR count). The minimum atomic E-state index is 0.197. The quantitative estimate of drug-likeness (QED) is 0.471. The van der Waals surface area contributed by atoms with Gasteiger partial charge in [-0.1, -0.05) is 55.3 Å². The summed E-state index contributed by atoms with van der Waals surface area (Å²) in [6.45, 7) is 2.58. The van der Waals surface area contributed by atoms with Crippen LogP contribution in [-0.4, -0.2) is 12.9 Å². The molecule has 0 unspecified atom stereocenters. The largest absolute Gasteiger partial charge is 0.497 e. The fourth-order valence-electron chi connectivity index (χ4n) is 8.65. The summed E-state index contributed by atoms with van der Waals surface area (Å²) in [4.78, 5) is 12.5. The highest BCUT2D eigenvalue weighted by molar-refractivity contribution is 5.91. The van der Waals surface area contributed by atoms with Gasteiger partial charge in [0.2, 0.25) is 0 Å². The Balaban J connectivity index is 1.31. The standard InChI is InChI=1S/C32H38O2/c1-31-17-3-4-29(31)28-14-11-25-20-26(33)15-19-32(25,30(28)16-18-31)21-22-5-7-23(8-6-22)24-9-12-27(34-2)13-10-24/h5-10,12-13,20,28-30H,3-4,11,14-19,21H2,1-2H3/t28-,29-,30+,31-,32+/m0/s1. The maximum Gasteiger partial charge on any atom is 0.155 e. The Morgan fingerprint density at radius 3 is 2.32 bits per heavy atom. The lowest BCUT2D eigenvalue weighted by molar-refractivity contribution is -0.117. The number of fused-ring (bicyclic) bond motifs is 5. The van der Waals surface area contributed by atoms with Crippen LogP contribution < -0.4 is 4.74 Å². The van der Waals surface area contributed by atoms with Crippen molar-refractivity contribution in [1.82, 2.24) is 0 Å². The van der Waals surface area contributed by atoms with E-state index < -0.39 is 0 Å². The van der Waals surface area contributed by atoms with Gasteiger partial charge in [-0.2, -0.15) is 0 Å². The number of rotatable bonds is 4. The van der Waals surface area contributed by atoms with Crippen molar-refractivity contribution < 1.29 is 9.53 Å². The van der Waals surface area contributed by atoms with Crippen LogP contribution >= 0.6 is 0 Å². The molecule has 0 saturated heterocycles. The van der Waals surface area contributed by atoms with Crippen LogP contribution in [0.3, 0.4) is 0 Å². The van der Waals surface area contributed by atoms with E-state index in [0.29, 0.717) is 11.2 Å². The van der Waals surface area contributed by atoms with Gasteiger partial charge >= 0.3 is 0 Å². The van der Waals surface area contributed by atoms with Crippen molar-refractivity contribution >= 4 is 5.78 Å². The minimum absolute atomic E-state index is 0.197. The number of hydrogen-bond donors (Lipinski definition) is 0. The molecule has 2 nitrogen and oxygen atoms in total. The zero-order chi connectivity index (χ0) is 23.3. The first-order valence-corrected chi connectivity index (χ1v) is 13.5. The first kappa shape index (κ1) is 22.1. The van der Waals surface area contributed by atoms with E-state index in [1.165, 1.54) is 60.8 Å². The zero-order valence-electron chi connectivity index (χ0n) is 20.8. The number of allylic oxidation sites excluding steroid dienone is 1. The summed E-state index contributed by atoms with van der Waals surface area (Å²) in [5.74, 6) is 3.76. The van der Waals surface area contributed by atoms with E-state index >= 15 is 0 Å². The number of carbonyl (C=O) groups is 1. The number of ketones is 1. The zero-order valence-corrected chi connectivity index (χ0v) is 20.8. The van der Waals surface area contributed by atoms with Crippen LogP contribution in [0.4, 0.5) is 0 Å². The van der Waals surface area contributed by atoms with E-state index in [1.807, 2.05) is 12.1 Å². The molecule has 0 N–H and O–H groups in total. The van der Waals surface area contributed by atoms with Crippen molar-refractivity contribution in [3.05, 3.63) is 65.7 Å². The lowest BCUT2D eigenvalue weighted by atomic mass is 9.46. The average Bonchev–Trinajstić information content (AvgIpc) is 3.27. The van der Waals surface area contributed by atoms with Crippen molar-refractivity contribution in [2.45, 2.75) is 71.1 Å². The van der Waals surface area contributed by atoms with Gasteiger partial charge in [-0.15, -0.1) is 0 Å². The Labute approximate surface area is 204 Å². The molecule has 34 heavy (non-hydrogen) atoms. The Kier molecular flexibility index (Phi) is 5.47.